The van der Waals surface area contributed by atoms with Crippen LogP contribution in [0.25, 0.3) is 0 Å². The van der Waals surface area contributed by atoms with Gasteiger partial charge < -0.3 is 14.8 Å². The maximum Gasteiger partial charge on any atom is 0.161 e. The number of hydrogen-bond acceptors (Lipinski definition) is 4. The Morgan fingerprint density at radius 2 is 1.62 bits per heavy atom. The van der Waals surface area contributed by atoms with E-state index in [0.29, 0.717) is 6.54 Å². The Hall–Kier alpha value is -2.56. The standard InChI is InChI=1S/C21H22N2O2.ClH/c1-24-19-12-11-16(14-20(19)25-2)15-23-21(17-8-4-3-5-9-17)18-10-6-7-13-22-18;/h3-14,21,23H,15H2,1-2H3;1H. The van der Waals surface area contributed by atoms with Crippen LogP contribution in [-0.4, -0.2) is 19.2 Å². The SMILES string of the molecule is COc1ccc(CNC(c2ccccc2)c2ccccn2)cc1OC.Cl. The second-order valence-corrected chi connectivity index (χ2v) is 5.67. The van der Waals surface area contributed by atoms with Gasteiger partial charge in [-0.15, -0.1) is 12.4 Å². The molecule has 1 atom stereocenters. The van der Waals surface area contributed by atoms with Crippen molar-refractivity contribution in [1.29, 1.82) is 0 Å². The fraction of sp³-hybridized carbons (Fsp3) is 0.190. The van der Waals surface area contributed by atoms with Gasteiger partial charge in [-0.2, -0.15) is 0 Å². The fourth-order valence-electron chi connectivity index (χ4n) is 2.80. The van der Waals surface area contributed by atoms with Crippen LogP contribution in [0.4, 0.5) is 0 Å². The van der Waals surface area contributed by atoms with Crippen molar-refractivity contribution in [3.05, 3.63) is 89.7 Å². The molecule has 0 aliphatic carbocycles. The Kier molecular flexibility index (Phi) is 7.45. The second-order valence-electron chi connectivity index (χ2n) is 5.67. The van der Waals surface area contributed by atoms with E-state index < -0.39 is 0 Å². The van der Waals surface area contributed by atoms with Gasteiger partial charge in [0.15, 0.2) is 11.5 Å². The average Bonchev–Trinajstić information content (AvgIpc) is 2.69. The maximum atomic E-state index is 5.39. The molecule has 1 heterocycles. The van der Waals surface area contributed by atoms with Gasteiger partial charge in [-0.3, -0.25) is 4.98 Å². The van der Waals surface area contributed by atoms with E-state index in [9.17, 15) is 0 Å². The number of nitrogens with zero attached hydrogens (tertiary/aromatic N) is 1. The van der Waals surface area contributed by atoms with Crippen LogP contribution < -0.4 is 14.8 Å². The normalized spacial score (nSPS) is 11.3. The summed E-state index contributed by atoms with van der Waals surface area (Å²) in [5.74, 6) is 1.46. The van der Waals surface area contributed by atoms with Crippen molar-refractivity contribution >= 4 is 12.4 Å². The molecule has 3 aromatic rings. The van der Waals surface area contributed by atoms with Gasteiger partial charge in [0.1, 0.15) is 0 Å². The molecule has 0 saturated heterocycles. The molecule has 26 heavy (non-hydrogen) atoms. The first-order valence-electron chi connectivity index (χ1n) is 8.22. The van der Waals surface area contributed by atoms with Crippen molar-refractivity contribution in [2.24, 2.45) is 0 Å². The molecule has 0 spiro atoms. The molecular formula is C21H23ClN2O2. The number of hydrogen-bond donors (Lipinski definition) is 1. The first-order chi connectivity index (χ1) is 12.3. The third kappa shape index (κ3) is 4.75. The number of ether oxygens (including phenoxy) is 2. The largest absolute Gasteiger partial charge is 0.493 e. The number of pyridine rings is 1. The zero-order valence-corrected chi connectivity index (χ0v) is 15.7. The molecule has 0 aliphatic heterocycles. The topological polar surface area (TPSA) is 43.4 Å². The van der Waals surface area contributed by atoms with E-state index in [1.807, 2.05) is 60.8 Å². The van der Waals surface area contributed by atoms with Crippen LogP contribution in [0.5, 0.6) is 11.5 Å². The lowest BCUT2D eigenvalue weighted by Crippen LogP contribution is -2.23. The summed E-state index contributed by atoms with van der Waals surface area (Å²) in [6, 6.07) is 22.3. The van der Waals surface area contributed by atoms with Gasteiger partial charge in [-0.05, 0) is 35.4 Å². The second kappa shape index (κ2) is 9.80. The van der Waals surface area contributed by atoms with E-state index in [1.165, 1.54) is 5.56 Å². The van der Waals surface area contributed by atoms with Gasteiger partial charge in [-0.1, -0.05) is 42.5 Å². The summed E-state index contributed by atoms with van der Waals surface area (Å²) in [5.41, 5.74) is 3.30. The molecule has 0 amide bonds. The number of rotatable bonds is 7. The number of nitrogens with one attached hydrogen (secondary N) is 1. The summed E-state index contributed by atoms with van der Waals surface area (Å²) in [4.78, 5) is 4.52. The van der Waals surface area contributed by atoms with Gasteiger partial charge in [0.05, 0.1) is 26.0 Å². The Labute approximate surface area is 160 Å². The van der Waals surface area contributed by atoms with Gasteiger partial charge in [0.2, 0.25) is 0 Å². The Morgan fingerprint density at radius 3 is 2.27 bits per heavy atom. The van der Waals surface area contributed by atoms with Gasteiger partial charge >= 0.3 is 0 Å². The molecule has 136 valence electrons. The molecule has 4 nitrogen and oxygen atoms in total. The van der Waals surface area contributed by atoms with Crippen LogP contribution in [0.2, 0.25) is 0 Å². The van der Waals surface area contributed by atoms with E-state index in [1.54, 1.807) is 14.2 Å². The summed E-state index contributed by atoms with van der Waals surface area (Å²) < 4.78 is 10.7. The van der Waals surface area contributed by atoms with Crippen LogP contribution in [0.1, 0.15) is 22.9 Å². The molecule has 5 heteroatoms. The quantitative estimate of drug-likeness (QED) is 0.669. The van der Waals surface area contributed by atoms with Crippen LogP contribution >= 0.6 is 12.4 Å². The van der Waals surface area contributed by atoms with E-state index in [0.717, 1.165) is 22.8 Å². The third-order valence-electron chi connectivity index (χ3n) is 4.07. The minimum absolute atomic E-state index is 0. The maximum absolute atomic E-state index is 5.39. The van der Waals surface area contributed by atoms with Crippen molar-refractivity contribution in [2.45, 2.75) is 12.6 Å². The molecule has 0 bridgehead atoms. The molecule has 0 saturated carbocycles. The van der Waals surface area contributed by atoms with E-state index in [-0.39, 0.29) is 18.4 Å². The van der Waals surface area contributed by atoms with Gasteiger partial charge in [0, 0.05) is 12.7 Å². The predicted octanol–water partition coefficient (Wildman–Crippen LogP) is 4.40. The molecule has 1 N–H and O–H groups in total. The van der Waals surface area contributed by atoms with E-state index in [2.05, 4.69) is 22.4 Å². The summed E-state index contributed by atoms with van der Waals surface area (Å²) in [7, 11) is 3.29. The Morgan fingerprint density at radius 1 is 0.885 bits per heavy atom. The summed E-state index contributed by atoms with van der Waals surface area (Å²) in [5, 5.41) is 3.60. The summed E-state index contributed by atoms with van der Waals surface area (Å²) in [6.07, 6.45) is 1.82. The zero-order chi connectivity index (χ0) is 17.5. The lowest BCUT2D eigenvalue weighted by Gasteiger charge is -2.19. The molecular weight excluding hydrogens is 348 g/mol. The molecule has 0 radical (unpaired) electrons. The highest BCUT2D eigenvalue weighted by Crippen LogP contribution is 2.28. The Balaban J connectivity index is 0.00000243. The van der Waals surface area contributed by atoms with Crippen LogP contribution in [0.15, 0.2) is 72.9 Å². The number of aromatic nitrogens is 1. The van der Waals surface area contributed by atoms with E-state index in [4.69, 9.17) is 9.47 Å². The smallest absolute Gasteiger partial charge is 0.161 e. The first kappa shape index (κ1) is 19.8. The molecule has 3 rings (SSSR count). The molecule has 1 aromatic heterocycles. The van der Waals surface area contributed by atoms with Crippen molar-refractivity contribution in [3.8, 4) is 11.5 Å². The number of halogens is 1. The van der Waals surface area contributed by atoms with Crippen molar-refractivity contribution in [3.63, 3.8) is 0 Å². The lowest BCUT2D eigenvalue weighted by molar-refractivity contribution is 0.354. The van der Waals surface area contributed by atoms with Crippen molar-refractivity contribution in [1.82, 2.24) is 10.3 Å². The summed E-state index contributed by atoms with van der Waals surface area (Å²) in [6.45, 7) is 0.691. The average molecular weight is 371 g/mol. The molecule has 1 unspecified atom stereocenters. The molecule has 0 fully saturated rings. The van der Waals surface area contributed by atoms with Gasteiger partial charge in [-0.25, -0.2) is 0 Å². The highest BCUT2D eigenvalue weighted by molar-refractivity contribution is 5.85. The van der Waals surface area contributed by atoms with Crippen LogP contribution in [-0.2, 0) is 6.54 Å². The first-order valence-corrected chi connectivity index (χ1v) is 8.22. The third-order valence-corrected chi connectivity index (χ3v) is 4.07. The summed E-state index contributed by atoms with van der Waals surface area (Å²) >= 11 is 0. The van der Waals surface area contributed by atoms with Crippen LogP contribution in [0, 0.1) is 0 Å². The Bertz CT molecular complexity index is 758. The minimum atomic E-state index is 0. The van der Waals surface area contributed by atoms with Crippen molar-refractivity contribution < 1.29 is 9.47 Å². The van der Waals surface area contributed by atoms with Crippen LogP contribution in [0.3, 0.4) is 0 Å². The molecule has 2 aromatic carbocycles. The highest BCUT2D eigenvalue weighted by atomic mass is 35.5. The number of benzene rings is 2. The fourth-order valence-corrected chi connectivity index (χ4v) is 2.80. The predicted molar refractivity (Wildman–Crippen MR) is 106 cm³/mol. The van der Waals surface area contributed by atoms with Gasteiger partial charge in [0.25, 0.3) is 0 Å². The monoisotopic (exact) mass is 370 g/mol. The minimum Gasteiger partial charge on any atom is -0.493 e. The highest BCUT2D eigenvalue weighted by Gasteiger charge is 2.15. The molecule has 0 aliphatic rings. The lowest BCUT2D eigenvalue weighted by atomic mass is 10.0. The van der Waals surface area contributed by atoms with E-state index >= 15 is 0 Å². The number of methoxy groups -OCH3 is 2. The van der Waals surface area contributed by atoms with Crippen molar-refractivity contribution in [2.75, 3.05) is 14.2 Å². The zero-order valence-electron chi connectivity index (χ0n) is 14.9.